The van der Waals surface area contributed by atoms with Gasteiger partial charge in [0.1, 0.15) is 11.6 Å². The van der Waals surface area contributed by atoms with E-state index < -0.39 is 0 Å². The van der Waals surface area contributed by atoms with E-state index in [0.29, 0.717) is 34.1 Å². The highest BCUT2D eigenvalue weighted by Crippen LogP contribution is 2.33. The molecule has 32 heavy (non-hydrogen) atoms. The Labute approximate surface area is 186 Å². The molecule has 0 spiro atoms. The van der Waals surface area contributed by atoms with E-state index in [2.05, 4.69) is 20.3 Å². The summed E-state index contributed by atoms with van der Waals surface area (Å²) in [5.41, 5.74) is 10.1. The maximum absolute atomic E-state index is 14.0. The van der Waals surface area contributed by atoms with Crippen molar-refractivity contribution in [2.75, 3.05) is 37.2 Å². The second-order valence-corrected chi connectivity index (χ2v) is 8.22. The number of aromatic nitrogens is 4. The van der Waals surface area contributed by atoms with Gasteiger partial charge >= 0.3 is 0 Å². The molecule has 0 aliphatic carbocycles. The number of nitrogens with zero attached hydrogens (tertiary/aromatic N) is 5. The lowest BCUT2D eigenvalue weighted by Gasteiger charge is -2.15. The van der Waals surface area contributed by atoms with E-state index in [1.165, 1.54) is 25.0 Å². The highest BCUT2D eigenvalue weighted by molar-refractivity contribution is 5.99. The predicted molar refractivity (Wildman–Crippen MR) is 125 cm³/mol. The summed E-state index contributed by atoms with van der Waals surface area (Å²) in [6, 6.07) is 14.3. The third-order valence-electron chi connectivity index (χ3n) is 5.82. The number of likely N-dealkylation sites (tertiary alicyclic amines) is 1. The summed E-state index contributed by atoms with van der Waals surface area (Å²) < 4.78 is 15.7. The average molecular weight is 432 g/mol. The van der Waals surface area contributed by atoms with Crippen LogP contribution >= 0.6 is 0 Å². The lowest BCUT2D eigenvalue weighted by atomic mass is 10.1. The molecule has 0 saturated carbocycles. The van der Waals surface area contributed by atoms with Crippen LogP contribution in [0.2, 0.25) is 0 Å². The molecule has 1 saturated heterocycles. The summed E-state index contributed by atoms with van der Waals surface area (Å²) in [6.07, 6.45) is 2.50. The van der Waals surface area contributed by atoms with Crippen LogP contribution in [0.3, 0.4) is 0 Å². The molecule has 2 aromatic heterocycles. The number of benzene rings is 2. The SMILES string of the molecule is Cc1cccc(-n2nc3nc(NCCN4CCCC4)nc(-c4cccc(F)c4)c3c2N)c1. The Morgan fingerprint density at radius 3 is 2.66 bits per heavy atom. The molecule has 3 N–H and O–H groups in total. The topological polar surface area (TPSA) is 84.9 Å². The van der Waals surface area contributed by atoms with Crippen LogP contribution in [0.4, 0.5) is 16.2 Å². The molecule has 1 aliphatic heterocycles. The van der Waals surface area contributed by atoms with Crippen molar-refractivity contribution in [3.05, 3.63) is 59.9 Å². The highest BCUT2D eigenvalue weighted by atomic mass is 19.1. The Hall–Kier alpha value is -3.52. The van der Waals surface area contributed by atoms with Gasteiger partial charge in [0, 0.05) is 18.7 Å². The molecule has 4 aromatic rings. The van der Waals surface area contributed by atoms with E-state index in [9.17, 15) is 4.39 Å². The van der Waals surface area contributed by atoms with E-state index in [1.54, 1.807) is 10.7 Å². The molecule has 1 fully saturated rings. The van der Waals surface area contributed by atoms with Crippen molar-refractivity contribution in [1.29, 1.82) is 0 Å². The molecule has 0 amide bonds. The molecule has 0 bridgehead atoms. The number of nitrogens with one attached hydrogen (secondary N) is 1. The second-order valence-electron chi connectivity index (χ2n) is 8.22. The average Bonchev–Trinajstić information content (AvgIpc) is 3.41. The fraction of sp³-hybridized carbons (Fsp3) is 0.292. The van der Waals surface area contributed by atoms with Gasteiger partial charge < -0.3 is 16.0 Å². The molecule has 164 valence electrons. The van der Waals surface area contributed by atoms with Gasteiger partial charge in [0.05, 0.1) is 16.8 Å². The van der Waals surface area contributed by atoms with Gasteiger partial charge in [-0.1, -0.05) is 24.3 Å². The largest absolute Gasteiger partial charge is 0.383 e. The zero-order chi connectivity index (χ0) is 22.1. The fourth-order valence-electron chi connectivity index (χ4n) is 4.22. The van der Waals surface area contributed by atoms with Gasteiger partial charge in [-0.15, -0.1) is 5.10 Å². The number of rotatable bonds is 6. The number of halogens is 1. The molecule has 0 atom stereocenters. The summed E-state index contributed by atoms with van der Waals surface area (Å²) in [5.74, 6) is 0.556. The minimum atomic E-state index is -0.331. The van der Waals surface area contributed by atoms with Crippen LogP contribution in [0.25, 0.3) is 28.0 Å². The van der Waals surface area contributed by atoms with Crippen molar-refractivity contribution in [2.24, 2.45) is 0 Å². The zero-order valence-electron chi connectivity index (χ0n) is 18.1. The number of hydrogen-bond acceptors (Lipinski definition) is 6. The summed E-state index contributed by atoms with van der Waals surface area (Å²) in [5, 5.41) is 8.61. The van der Waals surface area contributed by atoms with Crippen LogP contribution in [0, 0.1) is 12.7 Å². The molecule has 7 nitrogen and oxygen atoms in total. The highest BCUT2D eigenvalue weighted by Gasteiger charge is 2.20. The van der Waals surface area contributed by atoms with Crippen molar-refractivity contribution in [2.45, 2.75) is 19.8 Å². The quantitative estimate of drug-likeness (QED) is 0.480. The Balaban J connectivity index is 1.58. The number of hydrogen-bond donors (Lipinski definition) is 2. The van der Waals surface area contributed by atoms with Crippen molar-refractivity contribution < 1.29 is 4.39 Å². The maximum atomic E-state index is 14.0. The first-order valence-electron chi connectivity index (χ1n) is 10.9. The van der Waals surface area contributed by atoms with Crippen LogP contribution < -0.4 is 11.1 Å². The lowest BCUT2D eigenvalue weighted by Crippen LogP contribution is -2.26. The van der Waals surface area contributed by atoms with Gasteiger partial charge in [-0.2, -0.15) is 4.98 Å². The van der Waals surface area contributed by atoms with Crippen LogP contribution in [0.15, 0.2) is 48.5 Å². The third-order valence-corrected chi connectivity index (χ3v) is 5.82. The third kappa shape index (κ3) is 4.01. The molecule has 5 rings (SSSR count). The van der Waals surface area contributed by atoms with Gasteiger partial charge in [0.2, 0.25) is 5.95 Å². The van der Waals surface area contributed by atoms with Crippen LogP contribution in [-0.2, 0) is 0 Å². The number of nitrogens with two attached hydrogens (primary N) is 1. The number of aryl methyl sites for hydroxylation is 1. The van der Waals surface area contributed by atoms with Gasteiger partial charge in [0.25, 0.3) is 0 Å². The van der Waals surface area contributed by atoms with E-state index in [-0.39, 0.29) is 5.82 Å². The molecule has 0 unspecified atom stereocenters. The Kier molecular flexibility index (Phi) is 5.45. The van der Waals surface area contributed by atoms with Crippen LogP contribution in [0.5, 0.6) is 0 Å². The van der Waals surface area contributed by atoms with Gasteiger partial charge in [0.15, 0.2) is 5.65 Å². The smallest absolute Gasteiger partial charge is 0.225 e. The molecular formula is C24H26FN7. The van der Waals surface area contributed by atoms with E-state index in [1.807, 2.05) is 37.3 Å². The second kappa shape index (κ2) is 8.55. The van der Waals surface area contributed by atoms with Crippen molar-refractivity contribution in [3.8, 4) is 16.9 Å². The van der Waals surface area contributed by atoms with Crippen LogP contribution in [0.1, 0.15) is 18.4 Å². The fourth-order valence-corrected chi connectivity index (χ4v) is 4.22. The minimum Gasteiger partial charge on any atom is -0.383 e. The number of anilines is 2. The van der Waals surface area contributed by atoms with E-state index >= 15 is 0 Å². The van der Waals surface area contributed by atoms with E-state index in [0.717, 1.165) is 37.4 Å². The van der Waals surface area contributed by atoms with Gasteiger partial charge in [-0.05, 0) is 62.7 Å². The first kappa shape index (κ1) is 20.4. The number of fused-ring (bicyclic) bond motifs is 1. The summed E-state index contributed by atoms with van der Waals surface area (Å²) in [7, 11) is 0. The van der Waals surface area contributed by atoms with E-state index in [4.69, 9.17) is 10.7 Å². The minimum absolute atomic E-state index is 0.331. The first-order chi connectivity index (χ1) is 15.6. The Morgan fingerprint density at radius 1 is 1.06 bits per heavy atom. The van der Waals surface area contributed by atoms with Gasteiger partial charge in [-0.3, -0.25) is 0 Å². The Bertz CT molecular complexity index is 1260. The molecule has 2 aromatic carbocycles. The molecular weight excluding hydrogens is 405 g/mol. The van der Waals surface area contributed by atoms with Crippen LogP contribution in [-0.4, -0.2) is 50.8 Å². The Morgan fingerprint density at radius 2 is 1.88 bits per heavy atom. The van der Waals surface area contributed by atoms with Crippen molar-refractivity contribution >= 4 is 22.8 Å². The maximum Gasteiger partial charge on any atom is 0.225 e. The lowest BCUT2D eigenvalue weighted by molar-refractivity contribution is 0.352. The monoisotopic (exact) mass is 431 g/mol. The number of nitrogen functional groups attached to an aromatic ring is 1. The van der Waals surface area contributed by atoms with Crippen molar-refractivity contribution in [3.63, 3.8) is 0 Å². The van der Waals surface area contributed by atoms with Crippen molar-refractivity contribution in [1.82, 2.24) is 24.6 Å². The summed E-state index contributed by atoms with van der Waals surface area (Å²) >= 11 is 0. The summed E-state index contributed by atoms with van der Waals surface area (Å²) in [4.78, 5) is 11.8. The molecule has 3 heterocycles. The predicted octanol–water partition coefficient (Wildman–Crippen LogP) is 4.02. The molecule has 8 heteroatoms. The van der Waals surface area contributed by atoms with Gasteiger partial charge in [-0.25, -0.2) is 14.1 Å². The normalized spacial score (nSPS) is 14.3. The standard InChI is InChI=1S/C24H26FN7/c1-16-6-4-9-19(14-16)32-22(26)20-21(17-7-5-8-18(25)15-17)28-24(29-23(20)30-32)27-10-13-31-11-2-3-12-31/h4-9,14-15H,2-3,10-13,26H2,1H3,(H,27,29,30). The summed E-state index contributed by atoms with van der Waals surface area (Å²) in [6.45, 7) is 5.93. The first-order valence-corrected chi connectivity index (χ1v) is 10.9. The molecule has 1 aliphatic rings. The zero-order valence-corrected chi connectivity index (χ0v) is 18.1. The molecule has 0 radical (unpaired) electrons.